The number of rotatable bonds is 7. The van der Waals surface area contributed by atoms with Gasteiger partial charge in [-0.05, 0) is 30.5 Å². The molecule has 1 saturated carbocycles. The normalized spacial score (nSPS) is 14.7. The van der Waals surface area contributed by atoms with E-state index in [-0.39, 0.29) is 12.5 Å². The van der Waals surface area contributed by atoms with Gasteiger partial charge in [0.05, 0.1) is 12.2 Å². The van der Waals surface area contributed by atoms with Crippen molar-refractivity contribution in [1.29, 1.82) is 0 Å². The van der Waals surface area contributed by atoms with Crippen LogP contribution in [0, 0.1) is 0 Å². The zero-order valence-corrected chi connectivity index (χ0v) is 14.5. The lowest BCUT2D eigenvalue weighted by Gasteiger charge is -2.23. The van der Waals surface area contributed by atoms with Crippen molar-refractivity contribution in [2.24, 2.45) is 0 Å². The van der Waals surface area contributed by atoms with Crippen molar-refractivity contribution in [2.45, 2.75) is 44.8 Å². The predicted octanol–water partition coefficient (Wildman–Crippen LogP) is 4.13. The van der Waals surface area contributed by atoms with E-state index in [9.17, 15) is 4.79 Å². The summed E-state index contributed by atoms with van der Waals surface area (Å²) in [5.41, 5.74) is 1.96. The minimum atomic E-state index is 0.0461. The average Bonchev–Trinajstić information content (AvgIpc) is 2.67. The molecule has 1 aliphatic rings. The van der Waals surface area contributed by atoms with Crippen molar-refractivity contribution in [2.75, 3.05) is 11.9 Å². The first-order valence-electron chi connectivity index (χ1n) is 9.10. The highest BCUT2D eigenvalue weighted by atomic mass is 16.5. The Morgan fingerprint density at radius 3 is 2.48 bits per heavy atom. The topological polar surface area (TPSA) is 50.4 Å². The number of carbonyl (C=O) groups excluding carboxylic acids is 1. The lowest BCUT2D eigenvalue weighted by Crippen LogP contribution is -2.39. The maximum Gasteiger partial charge on any atom is 0.239 e. The van der Waals surface area contributed by atoms with Crippen LogP contribution in [0.1, 0.15) is 37.7 Å². The highest BCUT2D eigenvalue weighted by molar-refractivity contribution is 5.81. The van der Waals surface area contributed by atoms with E-state index < -0.39 is 0 Å². The molecule has 2 aromatic carbocycles. The Labute approximate surface area is 149 Å². The molecule has 3 rings (SSSR count). The largest absolute Gasteiger partial charge is 0.487 e. The molecule has 0 bridgehead atoms. The fourth-order valence-electron chi connectivity index (χ4n) is 3.18. The van der Waals surface area contributed by atoms with Crippen molar-refractivity contribution in [3.8, 4) is 5.75 Å². The van der Waals surface area contributed by atoms with Crippen LogP contribution >= 0.6 is 0 Å². The number of nitrogens with one attached hydrogen (secondary N) is 2. The zero-order valence-electron chi connectivity index (χ0n) is 14.5. The summed E-state index contributed by atoms with van der Waals surface area (Å²) in [6.45, 7) is 0.774. The number of anilines is 1. The van der Waals surface area contributed by atoms with Gasteiger partial charge in [0, 0.05) is 6.04 Å². The summed E-state index contributed by atoms with van der Waals surface area (Å²) in [5, 5.41) is 6.33. The fourth-order valence-corrected chi connectivity index (χ4v) is 3.18. The van der Waals surface area contributed by atoms with Crippen LogP contribution in [-0.2, 0) is 11.4 Å². The molecule has 132 valence electrons. The van der Waals surface area contributed by atoms with Crippen LogP contribution in [0.25, 0.3) is 0 Å². The van der Waals surface area contributed by atoms with Gasteiger partial charge in [-0.3, -0.25) is 4.79 Å². The van der Waals surface area contributed by atoms with Gasteiger partial charge in [-0.15, -0.1) is 0 Å². The minimum Gasteiger partial charge on any atom is -0.487 e. The second-order valence-electron chi connectivity index (χ2n) is 6.53. The molecular weight excluding hydrogens is 312 g/mol. The molecule has 0 radical (unpaired) electrons. The maximum atomic E-state index is 12.2. The highest BCUT2D eigenvalue weighted by Gasteiger charge is 2.15. The minimum absolute atomic E-state index is 0.0461. The molecule has 1 fully saturated rings. The summed E-state index contributed by atoms with van der Waals surface area (Å²) in [4.78, 5) is 12.2. The number of para-hydroxylation sites is 2. The monoisotopic (exact) mass is 338 g/mol. The zero-order chi connectivity index (χ0) is 17.3. The lowest BCUT2D eigenvalue weighted by atomic mass is 9.95. The summed E-state index contributed by atoms with van der Waals surface area (Å²) < 4.78 is 5.91. The van der Waals surface area contributed by atoms with Crippen molar-refractivity contribution in [3.05, 3.63) is 60.2 Å². The Bertz CT molecular complexity index is 667. The van der Waals surface area contributed by atoms with E-state index in [1.807, 2.05) is 54.6 Å². The van der Waals surface area contributed by atoms with Crippen LogP contribution in [0.2, 0.25) is 0 Å². The molecule has 2 N–H and O–H groups in total. The Balaban J connectivity index is 1.51. The Hall–Kier alpha value is -2.49. The molecule has 0 unspecified atom stereocenters. The highest BCUT2D eigenvalue weighted by Crippen LogP contribution is 2.24. The standard InChI is InChI=1S/C21H26N2O2/c24-21(23-18-11-5-2-6-12-18)15-22-19-13-7-8-14-20(19)25-16-17-9-3-1-4-10-17/h1,3-4,7-10,13-14,18,22H,2,5-6,11-12,15-16H2,(H,23,24). The third-order valence-electron chi connectivity index (χ3n) is 4.53. The summed E-state index contributed by atoms with van der Waals surface area (Å²) in [7, 11) is 0. The average molecular weight is 338 g/mol. The maximum absolute atomic E-state index is 12.2. The molecule has 4 heteroatoms. The lowest BCUT2D eigenvalue weighted by molar-refractivity contribution is -0.120. The van der Waals surface area contributed by atoms with E-state index in [4.69, 9.17) is 4.74 Å². The van der Waals surface area contributed by atoms with Crippen molar-refractivity contribution in [3.63, 3.8) is 0 Å². The van der Waals surface area contributed by atoms with Gasteiger partial charge in [-0.25, -0.2) is 0 Å². The van der Waals surface area contributed by atoms with Crippen LogP contribution in [0.5, 0.6) is 5.75 Å². The van der Waals surface area contributed by atoms with Crippen molar-refractivity contribution < 1.29 is 9.53 Å². The number of hydrogen-bond acceptors (Lipinski definition) is 3. The molecule has 0 spiro atoms. The summed E-state index contributed by atoms with van der Waals surface area (Å²) in [6, 6.07) is 18.1. The number of benzene rings is 2. The molecule has 1 aliphatic carbocycles. The molecular formula is C21H26N2O2. The van der Waals surface area contributed by atoms with Gasteiger partial charge in [0.2, 0.25) is 5.91 Å². The quantitative estimate of drug-likeness (QED) is 0.798. The summed E-state index contributed by atoms with van der Waals surface area (Å²) in [5.74, 6) is 0.807. The van der Waals surface area contributed by atoms with Gasteiger partial charge < -0.3 is 15.4 Å². The molecule has 0 atom stereocenters. The molecule has 4 nitrogen and oxygen atoms in total. The summed E-state index contributed by atoms with van der Waals surface area (Å²) in [6.07, 6.45) is 5.92. The third kappa shape index (κ3) is 5.52. The molecule has 0 aliphatic heterocycles. The first kappa shape index (κ1) is 17.3. The van der Waals surface area contributed by atoms with Gasteiger partial charge in [0.15, 0.2) is 0 Å². The van der Waals surface area contributed by atoms with Crippen LogP contribution in [-0.4, -0.2) is 18.5 Å². The predicted molar refractivity (Wildman–Crippen MR) is 101 cm³/mol. The second kappa shape index (κ2) is 9.11. The molecule has 1 amide bonds. The Kier molecular flexibility index (Phi) is 6.32. The molecule has 2 aromatic rings. The first-order valence-corrected chi connectivity index (χ1v) is 9.10. The Morgan fingerprint density at radius 2 is 1.68 bits per heavy atom. The molecule has 0 heterocycles. The molecule has 0 saturated heterocycles. The van der Waals surface area contributed by atoms with E-state index in [1.54, 1.807) is 0 Å². The fraction of sp³-hybridized carbons (Fsp3) is 0.381. The van der Waals surface area contributed by atoms with Crippen LogP contribution in [0.3, 0.4) is 0 Å². The first-order chi connectivity index (χ1) is 12.3. The van der Waals surface area contributed by atoms with Crippen molar-refractivity contribution in [1.82, 2.24) is 5.32 Å². The van der Waals surface area contributed by atoms with Crippen LogP contribution in [0.15, 0.2) is 54.6 Å². The Morgan fingerprint density at radius 1 is 0.960 bits per heavy atom. The summed E-state index contributed by atoms with van der Waals surface area (Å²) >= 11 is 0. The van der Waals surface area contributed by atoms with E-state index in [0.29, 0.717) is 12.6 Å². The van der Waals surface area contributed by atoms with Gasteiger partial charge in [0.25, 0.3) is 0 Å². The number of carbonyl (C=O) groups is 1. The van der Waals surface area contributed by atoms with Crippen LogP contribution < -0.4 is 15.4 Å². The number of hydrogen-bond donors (Lipinski definition) is 2. The van der Waals surface area contributed by atoms with Gasteiger partial charge in [-0.2, -0.15) is 0 Å². The number of ether oxygens (including phenoxy) is 1. The third-order valence-corrected chi connectivity index (χ3v) is 4.53. The molecule has 25 heavy (non-hydrogen) atoms. The van der Waals surface area contributed by atoms with Crippen LogP contribution in [0.4, 0.5) is 5.69 Å². The van der Waals surface area contributed by atoms with E-state index >= 15 is 0 Å². The van der Waals surface area contributed by atoms with Gasteiger partial charge in [-0.1, -0.05) is 61.7 Å². The molecule has 0 aromatic heterocycles. The van der Waals surface area contributed by atoms with E-state index in [2.05, 4.69) is 10.6 Å². The van der Waals surface area contributed by atoms with E-state index in [1.165, 1.54) is 19.3 Å². The second-order valence-corrected chi connectivity index (χ2v) is 6.53. The van der Waals surface area contributed by atoms with E-state index in [0.717, 1.165) is 29.8 Å². The number of amides is 1. The smallest absolute Gasteiger partial charge is 0.239 e. The van der Waals surface area contributed by atoms with Crippen molar-refractivity contribution >= 4 is 11.6 Å². The SMILES string of the molecule is O=C(CNc1ccccc1OCc1ccccc1)NC1CCCCC1. The van der Waals surface area contributed by atoms with Gasteiger partial charge >= 0.3 is 0 Å². The van der Waals surface area contributed by atoms with Gasteiger partial charge in [0.1, 0.15) is 12.4 Å².